The summed E-state index contributed by atoms with van der Waals surface area (Å²) in [5.74, 6) is 0. The zero-order chi connectivity index (χ0) is 13.4. The van der Waals surface area contributed by atoms with Gasteiger partial charge in [-0.2, -0.15) is 0 Å². The number of ether oxygens (including phenoxy) is 2. The van der Waals surface area contributed by atoms with E-state index in [2.05, 4.69) is 5.32 Å². The largest absolute Gasteiger partial charge is 0.384 e. The van der Waals surface area contributed by atoms with Crippen LogP contribution in [0.2, 0.25) is 10.0 Å². The van der Waals surface area contributed by atoms with Crippen molar-refractivity contribution in [3.8, 4) is 0 Å². The summed E-state index contributed by atoms with van der Waals surface area (Å²) in [6, 6.07) is 5.34. The van der Waals surface area contributed by atoms with Crippen LogP contribution in [-0.2, 0) is 9.47 Å². The van der Waals surface area contributed by atoms with E-state index in [1.165, 1.54) is 0 Å². The Morgan fingerprint density at radius 1 is 1.17 bits per heavy atom. The number of anilines is 1. The minimum absolute atomic E-state index is 0.176. The maximum absolute atomic E-state index is 6.05. The van der Waals surface area contributed by atoms with Gasteiger partial charge in [0.15, 0.2) is 6.29 Å². The Kier molecular flexibility index (Phi) is 7.44. The average molecular weight is 292 g/mol. The third kappa shape index (κ3) is 5.44. The molecule has 0 bridgehead atoms. The molecule has 0 aliphatic heterocycles. The maximum atomic E-state index is 6.05. The van der Waals surface area contributed by atoms with E-state index in [4.69, 9.17) is 32.7 Å². The quantitative estimate of drug-likeness (QED) is 0.729. The van der Waals surface area contributed by atoms with Gasteiger partial charge >= 0.3 is 0 Å². The maximum Gasteiger partial charge on any atom is 0.159 e. The van der Waals surface area contributed by atoms with Crippen molar-refractivity contribution in [1.29, 1.82) is 0 Å². The van der Waals surface area contributed by atoms with Crippen molar-refractivity contribution in [2.75, 3.05) is 25.1 Å². The smallest absolute Gasteiger partial charge is 0.159 e. The van der Waals surface area contributed by atoms with Gasteiger partial charge in [0.2, 0.25) is 0 Å². The summed E-state index contributed by atoms with van der Waals surface area (Å²) >= 11 is 12.0. The summed E-state index contributed by atoms with van der Waals surface area (Å²) in [6.45, 7) is 5.90. The van der Waals surface area contributed by atoms with Crippen LogP contribution in [0.4, 0.5) is 5.69 Å². The van der Waals surface area contributed by atoms with Gasteiger partial charge in [0.1, 0.15) is 0 Å². The molecule has 5 heteroatoms. The lowest BCUT2D eigenvalue weighted by molar-refractivity contribution is -0.137. The number of rotatable bonds is 8. The minimum atomic E-state index is -0.176. The van der Waals surface area contributed by atoms with Crippen LogP contribution in [0.1, 0.15) is 20.3 Å². The van der Waals surface area contributed by atoms with Crippen LogP contribution in [-0.4, -0.2) is 26.0 Å². The highest BCUT2D eigenvalue weighted by molar-refractivity contribution is 6.35. The minimum Gasteiger partial charge on any atom is -0.384 e. The standard InChI is InChI=1S/C13H19Cl2NO2/c1-3-17-13(18-4-2)7-8-16-12-9-10(14)5-6-11(12)15/h5-6,9,13,16H,3-4,7-8H2,1-2H3. The van der Waals surface area contributed by atoms with Crippen molar-refractivity contribution in [2.24, 2.45) is 0 Å². The average Bonchev–Trinajstić information content (AvgIpc) is 2.34. The first-order chi connectivity index (χ1) is 8.67. The van der Waals surface area contributed by atoms with Gasteiger partial charge in [-0.25, -0.2) is 0 Å². The lowest BCUT2D eigenvalue weighted by Crippen LogP contribution is -2.21. The molecular weight excluding hydrogens is 273 g/mol. The molecule has 0 aromatic heterocycles. The van der Waals surface area contributed by atoms with Gasteiger partial charge in [-0.15, -0.1) is 0 Å². The predicted octanol–water partition coefficient (Wildman–Crippen LogP) is 4.19. The summed E-state index contributed by atoms with van der Waals surface area (Å²) in [5.41, 5.74) is 0.830. The van der Waals surface area contributed by atoms with Gasteiger partial charge < -0.3 is 14.8 Å². The number of hydrogen-bond acceptors (Lipinski definition) is 3. The SMILES string of the molecule is CCOC(CCNc1cc(Cl)ccc1Cl)OCC. The molecule has 0 heterocycles. The van der Waals surface area contributed by atoms with Crippen molar-refractivity contribution in [2.45, 2.75) is 26.6 Å². The molecule has 0 aliphatic rings. The van der Waals surface area contributed by atoms with Crippen molar-refractivity contribution in [3.63, 3.8) is 0 Å². The Labute approximate surface area is 118 Å². The fourth-order valence-electron chi connectivity index (χ4n) is 1.54. The third-order valence-electron chi connectivity index (χ3n) is 2.33. The van der Waals surface area contributed by atoms with E-state index in [0.717, 1.165) is 12.1 Å². The van der Waals surface area contributed by atoms with Crippen LogP contribution in [0.3, 0.4) is 0 Å². The van der Waals surface area contributed by atoms with E-state index in [9.17, 15) is 0 Å². The molecule has 1 N–H and O–H groups in total. The van der Waals surface area contributed by atoms with Gasteiger partial charge in [0.05, 0.1) is 10.7 Å². The second-order valence-electron chi connectivity index (χ2n) is 3.68. The Morgan fingerprint density at radius 2 is 1.83 bits per heavy atom. The Hall–Kier alpha value is -0.480. The normalized spacial score (nSPS) is 10.9. The number of benzene rings is 1. The zero-order valence-electron chi connectivity index (χ0n) is 10.7. The molecule has 18 heavy (non-hydrogen) atoms. The molecule has 3 nitrogen and oxygen atoms in total. The molecule has 0 unspecified atom stereocenters. The summed E-state index contributed by atoms with van der Waals surface area (Å²) in [7, 11) is 0. The lowest BCUT2D eigenvalue weighted by Gasteiger charge is -2.17. The molecule has 1 rings (SSSR count). The molecule has 0 saturated carbocycles. The van der Waals surface area contributed by atoms with Crippen molar-refractivity contribution < 1.29 is 9.47 Å². The van der Waals surface area contributed by atoms with Crippen molar-refractivity contribution in [1.82, 2.24) is 0 Å². The highest BCUT2D eigenvalue weighted by Crippen LogP contribution is 2.25. The molecule has 0 atom stereocenters. The van der Waals surface area contributed by atoms with E-state index < -0.39 is 0 Å². The summed E-state index contributed by atoms with van der Waals surface area (Å²) in [5, 5.41) is 4.54. The molecule has 0 amide bonds. The van der Waals surface area contributed by atoms with E-state index in [1.807, 2.05) is 13.8 Å². The van der Waals surface area contributed by atoms with Crippen molar-refractivity contribution in [3.05, 3.63) is 28.2 Å². The fourth-order valence-corrected chi connectivity index (χ4v) is 1.90. The van der Waals surface area contributed by atoms with Crippen LogP contribution in [0.5, 0.6) is 0 Å². The van der Waals surface area contributed by atoms with Crippen LogP contribution in [0.15, 0.2) is 18.2 Å². The van der Waals surface area contributed by atoms with Crippen molar-refractivity contribution >= 4 is 28.9 Å². The number of halogens is 2. The number of nitrogens with one attached hydrogen (secondary N) is 1. The number of hydrogen-bond donors (Lipinski definition) is 1. The summed E-state index contributed by atoms with van der Waals surface area (Å²) < 4.78 is 10.9. The van der Waals surface area contributed by atoms with Gasteiger partial charge in [-0.1, -0.05) is 23.2 Å². The van der Waals surface area contributed by atoms with Crippen LogP contribution in [0, 0.1) is 0 Å². The molecule has 0 spiro atoms. The van der Waals surface area contributed by atoms with E-state index in [0.29, 0.717) is 29.8 Å². The van der Waals surface area contributed by atoms with Gasteiger partial charge in [0.25, 0.3) is 0 Å². The highest BCUT2D eigenvalue weighted by Gasteiger charge is 2.08. The second kappa shape index (κ2) is 8.59. The second-order valence-corrected chi connectivity index (χ2v) is 4.52. The van der Waals surface area contributed by atoms with E-state index in [-0.39, 0.29) is 6.29 Å². The van der Waals surface area contributed by atoms with E-state index >= 15 is 0 Å². The Morgan fingerprint density at radius 3 is 2.44 bits per heavy atom. The van der Waals surface area contributed by atoms with Gasteiger partial charge in [0, 0.05) is 31.2 Å². The van der Waals surface area contributed by atoms with Gasteiger partial charge in [-0.3, -0.25) is 0 Å². The highest BCUT2D eigenvalue weighted by atomic mass is 35.5. The monoisotopic (exact) mass is 291 g/mol. The fraction of sp³-hybridized carbons (Fsp3) is 0.538. The summed E-state index contributed by atoms with van der Waals surface area (Å²) in [6.07, 6.45) is 0.579. The Balaban J connectivity index is 2.41. The molecule has 1 aromatic carbocycles. The molecule has 0 saturated heterocycles. The van der Waals surface area contributed by atoms with Gasteiger partial charge in [-0.05, 0) is 32.0 Å². The molecule has 1 aromatic rings. The predicted molar refractivity (Wildman–Crippen MR) is 76.6 cm³/mol. The Bertz CT molecular complexity index is 355. The first-order valence-corrected chi connectivity index (χ1v) is 6.85. The third-order valence-corrected chi connectivity index (χ3v) is 2.89. The van der Waals surface area contributed by atoms with Crippen LogP contribution in [0.25, 0.3) is 0 Å². The lowest BCUT2D eigenvalue weighted by atomic mass is 10.3. The topological polar surface area (TPSA) is 30.5 Å². The molecule has 0 aliphatic carbocycles. The first kappa shape index (κ1) is 15.6. The molecule has 0 radical (unpaired) electrons. The summed E-state index contributed by atoms with van der Waals surface area (Å²) in [4.78, 5) is 0. The first-order valence-electron chi connectivity index (χ1n) is 6.09. The van der Waals surface area contributed by atoms with Crippen LogP contribution < -0.4 is 5.32 Å². The molecule has 0 fully saturated rings. The molecule has 102 valence electrons. The van der Waals surface area contributed by atoms with Crippen LogP contribution >= 0.6 is 23.2 Å². The van der Waals surface area contributed by atoms with E-state index in [1.54, 1.807) is 18.2 Å². The molecular formula is C13H19Cl2NO2. The zero-order valence-corrected chi connectivity index (χ0v) is 12.2.